The van der Waals surface area contributed by atoms with Crippen LogP contribution in [-0.4, -0.2) is 66.5 Å². The summed E-state index contributed by atoms with van der Waals surface area (Å²) in [7, 11) is 1.51. The minimum absolute atomic E-state index is 0.201. The van der Waals surface area contributed by atoms with Crippen molar-refractivity contribution in [2.75, 3.05) is 13.7 Å². The molecule has 2 aliphatic rings. The molecule has 0 radical (unpaired) electrons. The van der Waals surface area contributed by atoms with Gasteiger partial charge in [-0.25, -0.2) is 0 Å². The van der Waals surface area contributed by atoms with Crippen LogP contribution in [0.15, 0.2) is 5.11 Å². The maximum Gasteiger partial charge on any atom is 0.186 e. The normalized spacial score (nSPS) is 36.8. The van der Waals surface area contributed by atoms with Crippen molar-refractivity contribution in [3.8, 4) is 0 Å². The summed E-state index contributed by atoms with van der Waals surface area (Å²) < 4.78 is 22.5. The minimum Gasteiger partial charge on any atom is -0.394 e. The van der Waals surface area contributed by atoms with Gasteiger partial charge < -0.3 is 29.2 Å². The predicted molar refractivity (Wildman–Crippen MR) is 70.1 cm³/mol. The van der Waals surface area contributed by atoms with Crippen LogP contribution in [-0.2, 0) is 18.9 Å². The first-order valence-corrected chi connectivity index (χ1v) is 6.79. The molecular weight excluding hydrogens is 282 g/mol. The first kappa shape index (κ1) is 16.4. The quantitative estimate of drug-likeness (QED) is 0.413. The highest BCUT2D eigenvalue weighted by Crippen LogP contribution is 2.40. The molecule has 0 aromatic carbocycles. The number of aliphatic hydroxyl groups is 2. The van der Waals surface area contributed by atoms with Gasteiger partial charge in [0.1, 0.15) is 12.2 Å². The van der Waals surface area contributed by atoms with E-state index < -0.39 is 36.9 Å². The highest BCUT2D eigenvalue weighted by molar-refractivity contribution is 4.97. The molecule has 21 heavy (non-hydrogen) atoms. The molecule has 120 valence electrons. The summed E-state index contributed by atoms with van der Waals surface area (Å²) in [5, 5.41) is 22.2. The molecule has 2 rings (SSSR count). The Morgan fingerprint density at radius 1 is 1.38 bits per heavy atom. The molecule has 0 unspecified atom stereocenters. The monoisotopic (exact) mass is 303 g/mol. The van der Waals surface area contributed by atoms with Gasteiger partial charge in [0.25, 0.3) is 0 Å². The maximum atomic E-state index is 9.70. The molecule has 0 spiro atoms. The van der Waals surface area contributed by atoms with Gasteiger partial charge in [0.05, 0.1) is 24.9 Å². The smallest absolute Gasteiger partial charge is 0.186 e. The molecule has 2 fully saturated rings. The molecule has 0 bridgehead atoms. The summed E-state index contributed by atoms with van der Waals surface area (Å²) in [5.74, 6) is -0.752. The van der Waals surface area contributed by atoms with Crippen molar-refractivity contribution in [3.63, 3.8) is 0 Å². The number of hydrogen-bond donors (Lipinski definition) is 2. The Morgan fingerprint density at radius 2 is 2.05 bits per heavy atom. The van der Waals surface area contributed by atoms with Crippen LogP contribution in [0.2, 0.25) is 0 Å². The maximum absolute atomic E-state index is 9.70. The molecule has 0 aliphatic carbocycles. The summed E-state index contributed by atoms with van der Waals surface area (Å²) >= 11 is 0. The first-order valence-electron chi connectivity index (χ1n) is 6.79. The average Bonchev–Trinajstić information content (AvgIpc) is 2.91. The third-order valence-corrected chi connectivity index (χ3v) is 3.64. The van der Waals surface area contributed by atoms with Crippen LogP contribution in [0.1, 0.15) is 20.3 Å². The molecule has 2 heterocycles. The number of hydrogen-bond acceptors (Lipinski definition) is 7. The van der Waals surface area contributed by atoms with Gasteiger partial charge in [0, 0.05) is 12.0 Å². The lowest BCUT2D eigenvalue weighted by atomic mass is 10.0. The first-order chi connectivity index (χ1) is 9.91. The van der Waals surface area contributed by atoms with E-state index in [1.54, 1.807) is 13.8 Å². The third-order valence-electron chi connectivity index (χ3n) is 3.64. The zero-order valence-corrected chi connectivity index (χ0v) is 12.2. The standard InChI is InChI=1S/C12H21N3O6/c1-12(2)20-9-8(19-11(18-3)10(9)21-12)4-6(14-15-13)7(17)5-16/h6-11,16-17H,4-5H2,1-3H3/t6-,7+,8-,9-,10-,11-/m1/s1. The van der Waals surface area contributed by atoms with Crippen molar-refractivity contribution in [1.82, 2.24) is 0 Å². The van der Waals surface area contributed by atoms with Gasteiger partial charge >= 0.3 is 0 Å². The Hall–Kier alpha value is -0.930. The Kier molecular flexibility index (Phi) is 5.05. The van der Waals surface area contributed by atoms with Crippen molar-refractivity contribution < 1.29 is 29.2 Å². The van der Waals surface area contributed by atoms with Gasteiger partial charge in [-0.15, -0.1) is 0 Å². The fraction of sp³-hybridized carbons (Fsp3) is 1.00. The predicted octanol–water partition coefficient (Wildman–Crippen LogP) is 0.300. The molecule has 0 amide bonds. The van der Waals surface area contributed by atoms with E-state index in [0.717, 1.165) is 0 Å². The van der Waals surface area contributed by atoms with Gasteiger partial charge in [-0.1, -0.05) is 5.11 Å². The fourth-order valence-electron chi connectivity index (χ4n) is 2.73. The van der Waals surface area contributed by atoms with Crippen LogP contribution in [0.25, 0.3) is 10.4 Å². The summed E-state index contributed by atoms with van der Waals surface area (Å²) in [6.45, 7) is 3.09. The van der Waals surface area contributed by atoms with Gasteiger partial charge in [-0.2, -0.15) is 0 Å². The van der Waals surface area contributed by atoms with Crippen LogP contribution in [0, 0.1) is 0 Å². The number of azide groups is 1. The molecular formula is C12H21N3O6. The van der Waals surface area contributed by atoms with Crippen LogP contribution < -0.4 is 0 Å². The molecule has 2 saturated heterocycles. The van der Waals surface area contributed by atoms with E-state index in [9.17, 15) is 5.11 Å². The number of nitrogens with zero attached hydrogens (tertiary/aromatic N) is 3. The van der Waals surface area contributed by atoms with E-state index in [-0.39, 0.29) is 18.6 Å². The average molecular weight is 303 g/mol. The fourth-order valence-corrected chi connectivity index (χ4v) is 2.73. The molecule has 0 aromatic rings. The molecule has 9 heteroatoms. The van der Waals surface area contributed by atoms with E-state index in [2.05, 4.69) is 10.0 Å². The second kappa shape index (κ2) is 6.45. The number of rotatable bonds is 6. The Bertz CT molecular complexity index is 414. The van der Waals surface area contributed by atoms with Crippen molar-refractivity contribution >= 4 is 0 Å². The summed E-state index contributed by atoms with van der Waals surface area (Å²) in [6, 6.07) is -0.812. The second-order valence-electron chi connectivity index (χ2n) is 5.60. The Balaban J connectivity index is 2.10. The molecule has 6 atom stereocenters. The lowest BCUT2D eigenvalue weighted by Crippen LogP contribution is -2.36. The topological polar surface area (TPSA) is 126 Å². The summed E-state index contributed by atoms with van der Waals surface area (Å²) in [6.07, 6.45) is -2.76. The summed E-state index contributed by atoms with van der Waals surface area (Å²) in [5.41, 5.74) is 8.57. The molecule has 9 nitrogen and oxygen atoms in total. The largest absolute Gasteiger partial charge is 0.394 e. The van der Waals surface area contributed by atoms with Gasteiger partial charge in [-0.3, -0.25) is 0 Å². The number of fused-ring (bicyclic) bond motifs is 1. The van der Waals surface area contributed by atoms with E-state index in [1.807, 2.05) is 0 Å². The van der Waals surface area contributed by atoms with E-state index in [0.29, 0.717) is 0 Å². The van der Waals surface area contributed by atoms with Gasteiger partial charge in [0.2, 0.25) is 0 Å². The zero-order chi connectivity index (χ0) is 15.6. The van der Waals surface area contributed by atoms with Crippen LogP contribution in [0.4, 0.5) is 0 Å². The minimum atomic E-state index is -1.15. The van der Waals surface area contributed by atoms with E-state index >= 15 is 0 Å². The molecule has 2 N–H and O–H groups in total. The van der Waals surface area contributed by atoms with Crippen LogP contribution in [0.3, 0.4) is 0 Å². The van der Waals surface area contributed by atoms with Crippen molar-refractivity contribution in [2.45, 2.75) is 62.8 Å². The number of methoxy groups -OCH3 is 1. The molecule has 0 aromatic heterocycles. The lowest BCUT2D eigenvalue weighted by Gasteiger charge is -2.25. The third kappa shape index (κ3) is 3.46. The van der Waals surface area contributed by atoms with Crippen LogP contribution >= 0.6 is 0 Å². The number of ether oxygens (including phenoxy) is 4. The van der Waals surface area contributed by atoms with E-state index in [4.69, 9.17) is 29.6 Å². The van der Waals surface area contributed by atoms with Gasteiger partial charge in [-0.05, 0) is 25.8 Å². The Morgan fingerprint density at radius 3 is 2.62 bits per heavy atom. The van der Waals surface area contributed by atoms with Crippen molar-refractivity contribution in [3.05, 3.63) is 10.4 Å². The Labute approximate surface area is 122 Å². The van der Waals surface area contributed by atoms with Crippen LogP contribution in [0.5, 0.6) is 0 Å². The summed E-state index contributed by atoms with van der Waals surface area (Å²) in [4.78, 5) is 2.70. The molecule has 2 aliphatic heterocycles. The highest BCUT2D eigenvalue weighted by atomic mass is 16.8. The SMILES string of the molecule is CO[C@@H]1O[C@H](C[C@@H](N=[N+]=[N-])[C@@H](O)CO)[C@H]2OC(C)(C)O[C@@H]12. The van der Waals surface area contributed by atoms with E-state index in [1.165, 1.54) is 7.11 Å². The lowest BCUT2D eigenvalue weighted by molar-refractivity contribution is -0.228. The highest BCUT2D eigenvalue weighted by Gasteiger charge is 2.55. The van der Waals surface area contributed by atoms with Crippen molar-refractivity contribution in [1.29, 1.82) is 0 Å². The second-order valence-corrected chi connectivity index (χ2v) is 5.60. The number of aliphatic hydroxyl groups excluding tert-OH is 2. The molecule has 0 saturated carbocycles. The van der Waals surface area contributed by atoms with Crippen molar-refractivity contribution in [2.24, 2.45) is 5.11 Å². The zero-order valence-electron chi connectivity index (χ0n) is 12.2. The van der Waals surface area contributed by atoms with Gasteiger partial charge in [0.15, 0.2) is 12.1 Å².